The van der Waals surface area contributed by atoms with Crippen LogP contribution in [0.25, 0.3) is 22.2 Å². The van der Waals surface area contributed by atoms with Crippen LogP contribution in [0.4, 0.5) is 0 Å². The van der Waals surface area contributed by atoms with Crippen LogP contribution < -0.4 is 14.9 Å². The standard InChI is InChI=1S/C21H18N4O3/c1-27-20-12-15(28-9-8-22)3-4-16(20)19-11-14-10-13(2-5-17(14)23-19)18-6-7-21(26)25-24-18/h2-5,10-12,23H,6-7,9H2,1H3,(H,25,26). The number of hydrazone groups is 1. The second-order valence-corrected chi connectivity index (χ2v) is 6.39. The second kappa shape index (κ2) is 7.45. The minimum Gasteiger partial charge on any atom is -0.496 e. The summed E-state index contributed by atoms with van der Waals surface area (Å²) in [5, 5.41) is 13.9. The summed E-state index contributed by atoms with van der Waals surface area (Å²) in [6.45, 7) is -0.0119. The van der Waals surface area contributed by atoms with E-state index in [1.54, 1.807) is 13.2 Å². The number of carbonyl (C=O) groups is 1. The third-order valence-corrected chi connectivity index (χ3v) is 4.62. The van der Waals surface area contributed by atoms with Gasteiger partial charge in [0.2, 0.25) is 5.91 Å². The molecule has 28 heavy (non-hydrogen) atoms. The van der Waals surface area contributed by atoms with Crippen molar-refractivity contribution in [1.29, 1.82) is 5.26 Å². The first-order valence-electron chi connectivity index (χ1n) is 8.84. The van der Waals surface area contributed by atoms with E-state index in [1.807, 2.05) is 30.3 Å². The van der Waals surface area contributed by atoms with Crippen molar-refractivity contribution in [3.05, 3.63) is 48.0 Å². The van der Waals surface area contributed by atoms with Gasteiger partial charge in [-0.2, -0.15) is 10.4 Å². The Bertz CT molecular complexity index is 1120. The largest absolute Gasteiger partial charge is 0.496 e. The fourth-order valence-electron chi connectivity index (χ4n) is 3.24. The normalized spacial score (nSPS) is 13.6. The number of H-pyrrole nitrogens is 1. The molecule has 0 aliphatic carbocycles. The van der Waals surface area contributed by atoms with E-state index in [0.717, 1.165) is 33.4 Å². The third-order valence-electron chi connectivity index (χ3n) is 4.62. The molecular weight excluding hydrogens is 356 g/mol. The summed E-state index contributed by atoms with van der Waals surface area (Å²) in [6.07, 6.45) is 1.08. The van der Waals surface area contributed by atoms with Crippen molar-refractivity contribution in [2.24, 2.45) is 5.10 Å². The number of nitriles is 1. The van der Waals surface area contributed by atoms with Gasteiger partial charge in [0, 0.05) is 35.4 Å². The van der Waals surface area contributed by atoms with Crippen molar-refractivity contribution in [2.75, 3.05) is 13.7 Å². The van der Waals surface area contributed by atoms with Crippen LogP contribution in [0.3, 0.4) is 0 Å². The topological polar surface area (TPSA) is 99.5 Å². The van der Waals surface area contributed by atoms with Crippen LogP contribution >= 0.6 is 0 Å². The number of hydrogen-bond donors (Lipinski definition) is 2. The SMILES string of the molecule is COc1cc(OCC#N)ccc1-c1cc2cc(C3=NNC(=O)CC3)ccc2[nH]1. The Labute approximate surface area is 161 Å². The van der Waals surface area contributed by atoms with E-state index in [0.29, 0.717) is 24.3 Å². The van der Waals surface area contributed by atoms with E-state index in [-0.39, 0.29) is 12.5 Å². The van der Waals surface area contributed by atoms with Crippen molar-refractivity contribution in [3.63, 3.8) is 0 Å². The molecule has 140 valence electrons. The Morgan fingerprint density at radius 2 is 2.07 bits per heavy atom. The third kappa shape index (κ3) is 3.40. The molecular formula is C21H18N4O3. The Morgan fingerprint density at radius 1 is 1.18 bits per heavy atom. The molecule has 2 N–H and O–H groups in total. The van der Waals surface area contributed by atoms with Crippen molar-refractivity contribution < 1.29 is 14.3 Å². The minimum atomic E-state index is -0.0527. The Kier molecular flexibility index (Phi) is 4.68. The van der Waals surface area contributed by atoms with Crippen molar-refractivity contribution >= 4 is 22.5 Å². The first-order chi connectivity index (χ1) is 13.7. The smallest absolute Gasteiger partial charge is 0.240 e. The number of ether oxygens (including phenoxy) is 2. The molecule has 0 saturated heterocycles. The van der Waals surface area contributed by atoms with Crippen molar-refractivity contribution in [3.8, 4) is 28.8 Å². The van der Waals surface area contributed by atoms with Gasteiger partial charge in [-0.05, 0) is 35.9 Å². The molecule has 0 radical (unpaired) electrons. The highest BCUT2D eigenvalue weighted by Crippen LogP contribution is 2.34. The molecule has 0 spiro atoms. The van der Waals surface area contributed by atoms with Crippen LogP contribution in [-0.4, -0.2) is 30.3 Å². The first-order valence-corrected chi connectivity index (χ1v) is 8.84. The molecule has 3 aromatic rings. The number of benzene rings is 2. The lowest BCUT2D eigenvalue weighted by Crippen LogP contribution is -2.25. The molecule has 0 fully saturated rings. The first kappa shape index (κ1) is 17.6. The molecule has 0 saturated carbocycles. The molecule has 0 unspecified atom stereocenters. The average molecular weight is 374 g/mol. The van der Waals surface area contributed by atoms with E-state index in [1.165, 1.54) is 0 Å². The van der Waals surface area contributed by atoms with Gasteiger partial charge in [0.25, 0.3) is 0 Å². The molecule has 2 aromatic carbocycles. The van der Waals surface area contributed by atoms with E-state index in [2.05, 4.69) is 27.6 Å². The summed E-state index contributed by atoms with van der Waals surface area (Å²) in [5.74, 6) is 1.18. The molecule has 0 bridgehead atoms. The quantitative estimate of drug-likeness (QED) is 0.715. The van der Waals surface area contributed by atoms with Crippen molar-refractivity contribution in [2.45, 2.75) is 12.8 Å². The van der Waals surface area contributed by atoms with Crippen LogP contribution in [0.1, 0.15) is 18.4 Å². The zero-order valence-corrected chi connectivity index (χ0v) is 15.3. The van der Waals surface area contributed by atoms with E-state index in [4.69, 9.17) is 14.7 Å². The van der Waals surface area contributed by atoms with E-state index < -0.39 is 0 Å². The van der Waals surface area contributed by atoms with Gasteiger partial charge in [-0.25, -0.2) is 5.43 Å². The average Bonchev–Trinajstić information content (AvgIpc) is 3.15. The van der Waals surface area contributed by atoms with Gasteiger partial charge in [0.05, 0.1) is 18.5 Å². The van der Waals surface area contributed by atoms with Crippen LogP contribution in [-0.2, 0) is 4.79 Å². The molecule has 0 atom stereocenters. The predicted molar refractivity (Wildman–Crippen MR) is 105 cm³/mol. The summed E-state index contributed by atoms with van der Waals surface area (Å²) >= 11 is 0. The maximum Gasteiger partial charge on any atom is 0.240 e. The lowest BCUT2D eigenvalue weighted by atomic mass is 10.0. The molecule has 1 aromatic heterocycles. The van der Waals surface area contributed by atoms with E-state index >= 15 is 0 Å². The Hall–Kier alpha value is -3.79. The fraction of sp³-hybridized carbons (Fsp3) is 0.190. The van der Waals surface area contributed by atoms with Crippen LogP contribution in [0, 0.1) is 11.3 Å². The number of amides is 1. The summed E-state index contributed by atoms with van der Waals surface area (Å²) in [7, 11) is 1.60. The number of carbonyl (C=O) groups excluding carboxylic acids is 1. The predicted octanol–water partition coefficient (Wildman–Crippen LogP) is 3.36. The molecule has 1 amide bonds. The molecule has 7 nitrogen and oxygen atoms in total. The maximum atomic E-state index is 11.3. The number of nitrogens with zero attached hydrogens (tertiary/aromatic N) is 2. The molecule has 1 aliphatic heterocycles. The highest BCUT2D eigenvalue weighted by Gasteiger charge is 2.15. The molecule has 7 heteroatoms. The number of fused-ring (bicyclic) bond motifs is 1. The van der Waals surface area contributed by atoms with Crippen LogP contribution in [0.2, 0.25) is 0 Å². The maximum absolute atomic E-state index is 11.3. The summed E-state index contributed by atoms with van der Waals surface area (Å²) in [6, 6.07) is 15.5. The van der Waals surface area contributed by atoms with Gasteiger partial charge >= 0.3 is 0 Å². The van der Waals surface area contributed by atoms with E-state index in [9.17, 15) is 4.79 Å². The van der Waals surface area contributed by atoms with Crippen LogP contribution in [0.15, 0.2) is 47.6 Å². The molecule has 2 heterocycles. The number of methoxy groups -OCH3 is 1. The summed E-state index contributed by atoms with van der Waals surface area (Å²) in [5.41, 5.74) is 7.20. The van der Waals surface area contributed by atoms with Gasteiger partial charge in [-0.3, -0.25) is 4.79 Å². The fourth-order valence-corrected chi connectivity index (χ4v) is 3.24. The number of aromatic nitrogens is 1. The van der Waals surface area contributed by atoms with Gasteiger partial charge in [-0.15, -0.1) is 0 Å². The Morgan fingerprint density at radius 3 is 2.82 bits per heavy atom. The highest BCUT2D eigenvalue weighted by molar-refractivity contribution is 6.06. The zero-order chi connectivity index (χ0) is 19.5. The summed E-state index contributed by atoms with van der Waals surface area (Å²) in [4.78, 5) is 14.7. The zero-order valence-electron chi connectivity index (χ0n) is 15.3. The van der Waals surface area contributed by atoms with Crippen molar-refractivity contribution in [1.82, 2.24) is 10.4 Å². The van der Waals surface area contributed by atoms with Gasteiger partial charge in [0.1, 0.15) is 17.6 Å². The number of nitrogens with one attached hydrogen (secondary N) is 2. The Balaban J connectivity index is 1.68. The minimum absolute atomic E-state index is 0.0119. The number of hydrogen-bond acceptors (Lipinski definition) is 5. The monoisotopic (exact) mass is 374 g/mol. The lowest BCUT2D eigenvalue weighted by molar-refractivity contribution is -0.121. The number of rotatable bonds is 5. The molecule has 1 aliphatic rings. The lowest BCUT2D eigenvalue weighted by Gasteiger charge is -2.11. The van der Waals surface area contributed by atoms with Gasteiger partial charge in [0.15, 0.2) is 6.61 Å². The highest BCUT2D eigenvalue weighted by atomic mass is 16.5. The molecule has 4 rings (SSSR count). The second-order valence-electron chi connectivity index (χ2n) is 6.39. The van der Waals surface area contributed by atoms with Crippen LogP contribution in [0.5, 0.6) is 11.5 Å². The van der Waals surface area contributed by atoms with Gasteiger partial charge < -0.3 is 14.5 Å². The van der Waals surface area contributed by atoms with Gasteiger partial charge in [-0.1, -0.05) is 6.07 Å². The number of aromatic amines is 1. The summed E-state index contributed by atoms with van der Waals surface area (Å²) < 4.78 is 10.8.